The topological polar surface area (TPSA) is 114 Å². The molecule has 1 aromatic heterocycles. The molecule has 0 fully saturated rings. The third-order valence-corrected chi connectivity index (χ3v) is 5.11. The molecule has 1 heterocycles. The Balaban J connectivity index is 1.90. The van der Waals surface area contributed by atoms with E-state index in [0.717, 1.165) is 5.56 Å². The Bertz CT molecular complexity index is 1240. The molecular formula is C23H26N4O5. The van der Waals surface area contributed by atoms with Crippen molar-refractivity contribution in [2.24, 2.45) is 0 Å². The molecule has 0 saturated carbocycles. The van der Waals surface area contributed by atoms with Crippen molar-refractivity contribution in [1.82, 2.24) is 9.97 Å². The highest BCUT2D eigenvalue weighted by atomic mass is 16.5. The van der Waals surface area contributed by atoms with E-state index in [4.69, 9.17) is 9.47 Å². The second kappa shape index (κ2) is 9.51. The summed E-state index contributed by atoms with van der Waals surface area (Å²) in [4.78, 5) is 45.4. The zero-order chi connectivity index (χ0) is 23.4. The molecule has 0 aliphatic carbocycles. The number of rotatable bonds is 8. The number of nitrogens with zero attached hydrogens (tertiary/aromatic N) is 2. The van der Waals surface area contributed by atoms with Crippen LogP contribution in [0.25, 0.3) is 10.9 Å². The van der Waals surface area contributed by atoms with Crippen LogP contribution >= 0.6 is 0 Å². The summed E-state index contributed by atoms with van der Waals surface area (Å²) >= 11 is 0. The van der Waals surface area contributed by atoms with Gasteiger partial charge in [-0.3, -0.25) is 19.4 Å². The molecule has 0 aliphatic heterocycles. The van der Waals surface area contributed by atoms with Gasteiger partial charge in [-0.05, 0) is 24.6 Å². The summed E-state index contributed by atoms with van der Waals surface area (Å²) in [7, 11) is 4.85. The number of carbonyl (C=O) groups excluding carboxylic acids is 2. The van der Waals surface area contributed by atoms with E-state index in [-0.39, 0.29) is 12.0 Å². The van der Waals surface area contributed by atoms with E-state index in [1.807, 2.05) is 6.07 Å². The standard InChI is InChI=1S/C23H26N4O5/c1-6-17(28)21(29)24-15-9-7-8-14(10-15)12-27(3)23-25-16-11-18(31-4)20(32-5)13(2)19(16)22(30)26-23/h7-11H,6,12H2,1-5H3,(H,24,29)(H,25,26,30). The number of fused-ring (bicyclic) bond motifs is 1. The average molecular weight is 438 g/mol. The summed E-state index contributed by atoms with van der Waals surface area (Å²) in [5, 5.41) is 3.04. The first-order valence-corrected chi connectivity index (χ1v) is 10.1. The fourth-order valence-corrected chi connectivity index (χ4v) is 3.48. The number of anilines is 2. The number of H-pyrrole nitrogens is 1. The largest absolute Gasteiger partial charge is 0.493 e. The van der Waals surface area contributed by atoms with Crippen LogP contribution in [0.3, 0.4) is 0 Å². The number of methoxy groups -OCH3 is 2. The van der Waals surface area contributed by atoms with Crippen LogP contribution in [0.2, 0.25) is 0 Å². The molecule has 2 aromatic carbocycles. The Labute approximate surface area is 185 Å². The second-order valence-corrected chi connectivity index (χ2v) is 7.31. The van der Waals surface area contributed by atoms with Crippen LogP contribution < -0.4 is 25.2 Å². The third-order valence-electron chi connectivity index (χ3n) is 5.11. The highest BCUT2D eigenvalue weighted by Gasteiger charge is 2.17. The molecule has 168 valence electrons. The van der Waals surface area contributed by atoms with Crippen LogP contribution in [0.5, 0.6) is 11.5 Å². The Morgan fingerprint density at radius 2 is 1.94 bits per heavy atom. The van der Waals surface area contributed by atoms with Crippen molar-refractivity contribution >= 4 is 34.2 Å². The van der Waals surface area contributed by atoms with Crippen molar-refractivity contribution in [3.8, 4) is 11.5 Å². The number of aromatic amines is 1. The number of nitrogens with one attached hydrogen (secondary N) is 2. The number of ketones is 1. The summed E-state index contributed by atoms with van der Waals surface area (Å²) in [6, 6.07) is 8.82. The summed E-state index contributed by atoms with van der Waals surface area (Å²) in [5.41, 5.74) is 2.24. The van der Waals surface area contributed by atoms with Crippen LogP contribution in [0.4, 0.5) is 11.6 Å². The van der Waals surface area contributed by atoms with Crippen molar-refractivity contribution < 1.29 is 19.1 Å². The monoisotopic (exact) mass is 438 g/mol. The molecule has 0 aliphatic rings. The van der Waals surface area contributed by atoms with E-state index < -0.39 is 11.7 Å². The lowest BCUT2D eigenvalue weighted by Gasteiger charge is -2.19. The van der Waals surface area contributed by atoms with Crippen LogP contribution in [-0.4, -0.2) is 42.9 Å². The maximum absolute atomic E-state index is 12.8. The molecule has 0 radical (unpaired) electrons. The number of Topliss-reactive ketones (excluding diaryl/α,β-unsaturated/α-hetero) is 1. The molecule has 32 heavy (non-hydrogen) atoms. The lowest BCUT2D eigenvalue weighted by molar-refractivity contribution is -0.134. The van der Waals surface area contributed by atoms with Crippen LogP contribution in [-0.2, 0) is 16.1 Å². The van der Waals surface area contributed by atoms with E-state index >= 15 is 0 Å². The zero-order valence-electron chi connectivity index (χ0n) is 18.7. The van der Waals surface area contributed by atoms with E-state index in [9.17, 15) is 14.4 Å². The third kappa shape index (κ3) is 4.56. The van der Waals surface area contributed by atoms with Gasteiger partial charge in [0.15, 0.2) is 11.5 Å². The van der Waals surface area contributed by atoms with Gasteiger partial charge in [0.2, 0.25) is 11.7 Å². The van der Waals surface area contributed by atoms with E-state index in [1.165, 1.54) is 14.2 Å². The maximum Gasteiger partial charge on any atom is 0.291 e. The highest BCUT2D eigenvalue weighted by Crippen LogP contribution is 2.35. The molecule has 0 bridgehead atoms. The Morgan fingerprint density at radius 1 is 1.19 bits per heavy atom. The van der Waals surface area contributed by atoms with Gasteiger partial charge >= 0.3 is 0 Å². The first kappa shape index (κ1) is 22.8. The van der Waals surface area contributed by atoms with Crippen molar-refractivity contribution in [3.05, 3.63) is 51.8 Å². The van der Waals surface area contributed by atoms with Gasteiger partial charge in [0.1, 0.15) is 0 Å². The molecule has 1 amide bonds. The summed E-state index contributed by atoms with van der Waals surface area (Å²) in [6.45, 7) is 3.83. The minimum absolute atomic E-state index is 0.144. The quantitative estimate of drug-likeness (QED) is 0.520. The summed E-state index contributed by atoms with van der Waals surface area (Å²) < 4.78 is 10.8. The maximum atomic E-state index is 12.8. The fraction of sp³-hybridized carbons (Fsp3) is 0.304. The van der Waals surface area contributed by atoms with E-state index in [2.05, 4.69) is 15.3 Å². The molecule has 0 atom stereocenters. The zero-order valence-corrected chi connectivity index (χ0v) is 18.7. The normalized spacial score (nSPS) is 10.7. The number of hydrogen-bond acceptors (Lipinski definition) is 7. The van der Waals surface area contributed by atoms with Crippen LogP contribution in [0.15, 0.2) is 35.1 Å². The van der Waals surface area contributed by atoms with Crippen LogP contribution in [0.1, 0.15) is 24.5 Å². The van der Waals surface area contributed by atoms with Gasteiger partial charge in [0.05, 0.1) is 25.1 Å². The predicted octanol–water partition coefficient (Wildman–Crippen LogP) is 2.80. The van der Waals surface area contributed by atoms with Gasteiger partial charge in [0.25, 0.3) is 11.5 Å². The minimum Gasteiger partial charge on any atom is -0.493 e. The number of amides is 1. The molecule has 9 nitrogen and oxygen atoms in total. The fourth-order valence-electron chi connectivity index (χ4n) is 3.48. The highest BCUT2D eigenvalue weighted by molar-refractivity contribution is 6.40. The molecule has 3 rings (SSSR count). The molecule has 0 unspecified atom stereocenters. The number of aromatic nitrogens is 2. The van der Waals surface area contributed by atoms with Crippen molar-refractivity contribution in [3.63, 3.8) is 0 Å². The molecule has 9 heteroatoms. The smallest absolute Gasteiger partial charge is 0.291 e. The van der Waals surface area contributed by atoms with Gasteiger partial charge in [-0.2, -0.15) is 0 Å². The lowest BCUT2D eigenvalue weighted by atomic mass is 10.1. The molecule has 2 N–H and O–H groups in total. The van der Waals surface area contributed by atoms with Gasteiger partial charge in [-0.1, -0.05) is 19.1 Å². The van der Waals surface area contributed by atoms with Gasteiger partial charge < -0.3 is 19.7 Å². The Kier molecular flexibility index (Phi) is 6.77. The molecule has 0 saturated heterocycles. The predicted molar refractivity (Wildman–Crippen MR) is 123 cm³/mol. The first-order valence-electron chi connectivity index (χ1n) is 10.1. The first-order chi connectivity index (χ1) is 15.3. The SMILES string of the molecule is CCC(=O)C(=O)Nc1cccc(CN(C)c2nc3cc(OC)c(OC)c(C)c3c(=O)[nH]2)c1. The molecule has 3 aromatic rings. The summed E-state index contributed by atoms with van der Waals surface area (Å²) in [5.74, 6) is 0.249. The van der Waals surface area contributed by atoms with Crippen molar-refractivity contribution in [2.75, 3.05) is 31.5 Å². The Hall–Kier alpha value is -3.88. The number of ether oxygens (including phenoxy) is 2. The van der Waals surface area contributed by atoms with E-state index in [1.54, 1.807) is 50.1 Å². The molecular weight excluding hydrogens is 412 g/mol. The number of carbonyl (C=O) groups is 2. The van der Waals surface area contributed by atoms with Gasteiger partial charge in [-0.25, -0.2) is 4.98 Å². The van der Waals surface area contributed by atoms with Gasteiger partial charge in [0, 0.05) is 37.3 Å². The summed E-state index contributed by atoms with van der Waals surface area (Å²) in [6.07, 6.45) is 0.144. The number of aryl methyl sites for hydroxylation is 1. The van der Waals surface area contributed by atoms with Crippen molar-refractivity contribution in [2.45, 2.75) is 26.8 Å². The van der Waals surface area contributed by atoms with Crippen molar-refractivity contribution in [1.29, 1.82) is 0 Å². The van der Waals surface area contributed by atoms with E-state index in [0.29, 0.717) is 46.1 Å². The van der Waals surface area contributed by atoms with Crippen LogP contribution in [0, 0.1) is 6.92 Å². The number of benzene rings is 2. The average Bonchev–Trinajstić information content (AvgIpc) is 2.77. The lowest BCUT2D eigenvalue weighted by Crippen LogP contribution is -2.24. The number of hydrogen-bond donors (Lipinski definition) is 2. The Morgan fingerprint density at radius 3 is 2.59 bits per heavy atom. The second-order valence-electron chi connectivity index (χ2n) is 7.31. The minimum atomic E-state index is -0.640. The van der Waals surface area contributed by atoms with Gasteiger partial charge in [-0.15, -0.1) is 0 Å². The molecule has 0 spiro atoms.